The molecule has 4 rings (SSSR count). The highest BCUT2D eigenvalue weighted by Crippen LogP contribution is 2.34. The summed E-state index contributed by atoms with van der Waals surface area (Å²) >= 11 is 12.8. The lowest BCUT2D eigenvalue weighted by Gasteiger charge is -2.14. The molecule has 0 radical (unpaired) electrons. The number of benzene rings is 1. The monoisotopic (exact) mass is 384 g/mol. The van der Waals surface area contributed by atoms with Crippen molar-refractivity contribution >= 4 is 46.4 Å². The van der Waals surface area contributed by atoms with E-state index in [0.717, 1.165) is 35.9 Å². The maximum atomic E-state index is 6.45. The molecular formula is C22H22Cl2N2. The summed E-state index contributed by atoms with van der Waals surface area (Å²) < 4.78 is 2.29. The van der Waals surface area contributed by atoms with Crippen molar-refractivity contribution in [1.29, 1.82) is 0 Å². The van der Waals surface area contributed by atoms with Crippen LogP contribution in [0.2, 0.25) is 5.02 Å². The number of aromatic nitrogens is 1. The normalized spacial score (nSPS) is 17.8. The largest absolute Gasteiger partial charge is 0.380 e. The van der Waals surface area contributed by atoms with Gasteiger partial charge in [0.15, 0.2) is 0 Å². The number of rotatable bonds is 2. The van der Waals surface area contributed by atoms with Gasteiger partial charge in [-0.2, -0.15) is 0 Å². The number of hydrogen-bond donors (Lipinski definition) is 0. The molecule has 2 heterocycles. The van der Waals surface area contributed by atoms with Crippen molar-refractivity contribution in [3.63, 3.8) is 0 Å². The fourth-order valence-electron chi connectivity index (χ4n) is 3.81. The summed E-state index contributed by atoms with van der Waals surface area (Å²) in [5, 5.41) is 2.87. The Bertz CT molecular complexity index is 989. The predicted octanol–water partition coefficient (Wildman–Crippen LogP) is 6.46. The van der Waals surface area contributed by atoms with Gasteiger partial charge in [-0.05, 0) is 73.2 Å². The Morgan fingerprint density at radius 1 is 1.15 bits per heavy atom. The maximum Gasteiger partial charge on any atom is 0.0532 e. The Morgan fingerprint density at radius 2 is 2.00 bits per heavy atom. The Labute approximate surface area is 164 Å². The molecule has 1 aromatic heterocycles. The van der Waals surface area contributed by atoms with Gasteiger partial charge in [-0.15, -0.1) is 0 Å². The van der Waals surface area contributed by atoms with Crippen LogP contribution in [0.15, 0.2) is 52.7 Å². The summed E-state index contributed by atoms with van der Waals surface area (Å²) in [5.41, 5.74) is 6.22. The number of halogens is 2. The molecule has 134 valence electrons. The maximum absolute atomic E-state index is 6.45. The Morgan fingerprint density at radius 3 is 2.81 bits per heavy atom. The van der Waals surface area contributed by atoms with E-state index in [1.807, 2.05) is 12.1 Å². The SMILES string of the molecule is C/C(=C/n1c2c(c3cc(Cl)ccc31)CCN(C)C=C2)C1=C(Cl)C=CCC1. The molecule has 0 N–H and O–H groups in total. The van der Waals surface area contributed by atoms with Gasteiger partial charge in [-0.25, -0.2) is 0 Å². The van der Waals surface area contributed by atoms with Crippen LogP contribution in [0.1, 0.15) is 31.0 Å². The van der Waals surface area contributed by atoms with Gasteiger partial charge in [0.1, 0.15) is 0 Å². The van der Waals surface area contributed by atoms with Gasteiger partial charge in [0.05, 0.1) is 11.2 Å². The lowest BCUT2D eigenvalue weighted by atomic mass is 9.99. The Balaban J connectivity index is 1.93. The van der Waals surface area contributed by atoms with Crippen molar-refractivity contribution in [1.82, 2.24) is 9.47 Å². The zero-order chi connectivity index (χ0) is 18.3. The molecular weight excluding hydrogens is 363 g/mol. The molecule has 4 heteroatoms. The molecule has 0 saturated carbocycles. The molecule has 2 aromatic rings. The van der Waals surface area contributed by atoms with Gasteiger partial charge in [0.2, 0.25) is 0 Å². The second-order valence-corrected chi connectivity index (χ2v) is 7.86. The zero-order valence-electron chi connectivity index (χ0n) is 15.1. The molecule has 0 amide bonds. The van der Waals surface area contributed by atoms with Crippen LogP contribution in [0.3, 0.4) is 0 Å². The number of fused-ring (bicyclic) bond motifs is 3. The standard InChI is InChI=1S/C22H22Cl2N2/c1-15(17-5-3-4-6-20(17)24)14-26-21-8-7-16(23)13-19(21)18-9-11-25(2)12-10-22(18)26/h4,6-8,10,12-14H,3,5,9,11H2,1-2H3/b15-14-. The third kappa shape index (κ3) is 3.13. The zero-order valence-corrected chi connectivity index (χ0v) is 16.6. The highest BCUT2D eigenvalue weighted by atomic mass is 35.5. The first-order valence-electron chi connectivity index (χ1n) is 8.99. The summed E-state index contributed by atoms with van der Waals surface area (Å²) in [4.78, 5) is 2.22. The first kappa shape index (κ1) is 17.5. The minimum Gasteiger partial charge on any atom is -0.380 e. The van der Waals surface area contributed by atoms with E-state index in [-0.39, 0.29) is 0 Å². The smallest absolute Gasteiger partial charge is 0.0532 e. The fourth-order valence-corrected chi connectivity index (χ4v) is 4.31. The van der Waals surface area contributed by atoms with Crippen LogP contribution in [0.4, 0.5) is 0 Å². The summed E-state index contributed by atoms with van der Waals surface area (Å²) in [6.45, 7) is 3.15. The van der Waals surface area contributed by atoms with E-state index >= 15 is 0 Å². The third-order valence-corrected chi connectivity index (χ3v) is 5.81. The number of likely N-dealkylation sites (N-methyl/N-ethyl adjacent to an activating group) is 1. The average Bonchev–Trinajstić information content (AvgIpc) is 2.76. The molecule has 26 heavy (non-hydrogen) atoms. The van der Waals surface area contributed by atoms with Crippen molar-refractivity contribution in [3.8, 4) is 0 Å². The van der Waals surface area contributed by atoms with Gasteiger partial charge < -0.3 is 9.47 Å². The van der Waals surface area contributed by atoms with Crippen LogP contribution in [-0.4, -0.2) is 23.1 Å². The molecule has 1 aromatic carbocycles. The molecule has 2 nitrogen and oxygen atoms in total. The number of allylic oxidation sites excluding steroid dienone is 5. The van der Waals surface area contributed by atoms with E-state index in [2.05, 4.69) is 60.1 Å². The van der Waals surface area contributed by atoms with Crippen LogP contribution in [-0.2, 0) is 6.42 Å². The molecule has 0 spiro atoms. The van der Waals surface area contributed by atoms with Gasteiger partial charge in [-0.1, -0.05) is 29.3 Å². The lowest BCUT2D eigenvalue weighted by Crippen LogP contribution is -2.12. The van der Waals surface area contributed by atoms with Gasteiger partial charge in [-0.3, -0.25) is 0 Å². The number of nitrogens with zero attached hydrogens (tertiary/aromatic N) is 2. The quantitative estimate of drug-likeness (QED) is 0.576. The second kappa shape index (κ2) is 7.02. The molecule has 0 unspecified atom stereocenters. The Kier molecular flexibility index (Phi) is 4.73. The van der Waals surface area contributed by atoms with Crippen LogP contribution >= 0.6 is 23.2 Å². The van der Waals surface area contributed by atoms with Crippen LogP contribution in [0, 0.1) is 0 Å². The average molecular weight is 385 g/mol. The van der Waals surface area contributed by atoms with Crippen molar-refractivity contribution < 1.29 is 0 Å². The van der Waals surface area contributed by atoms with E-state index in [9.17, 15) is 0 Å². The third-order valence-electron chi connectivity index (χ3n) is 5.23. The van der Waals surface area contributed by atoms with Crippen LogP contribution < -0.4 is 0 Å². The molecule has 2 aliphatic rings. The van der Waals surface area contributed by atoms with E-state index in [4.69, 9.17) is 23.2 Å². The molecule has 0 atom stereocenters. The van der Waals surface area contributed by atoms with Crippen LogP contribution in [0.5, 0.6) is 0 Å². The summed E-state index contributed by atoms with van der Waals surface area (Å²) in [6.07, 6.45) is 13.8. The molecule has 0 bridgehead atoms. The van der Waals surface area contributed by atoms with Crippen molar-refractivity contribution in [2.24, 2.45) is 0 Å². The summed E-state index contributed by atoms with van der Waals surface area (Å²) in [5.74, 6) is 0. The predicted molar refractivity (Wildman–Crippen MR) is 114 cm³/mol. The van der Waals surface area contributed by atoms with Gasteiger partial charge >= 0.3 is 0 Å². The molecule has 0 fully saturated rings. The molecule has 1 aliphatic heterocycles. The first-order valence-corrected chi connectivity index (χ1v) is 9.75. The highest BCUT2D eigenvalue weighted by molar-refractivity contribution is 6.32. The van der Waals surface area contributed by atoms with E-state index < -0.39 is 0 Å². The minimum atomic E-state index is 0.780. The first-order chi connectivity index (χ1) is 12.5. The van der Waals surface area contributed by atoms with E-state index in [1.165, 1.54) is 33.3 Å². The topological polar surface area (TPSA) is 8.17 Å². The summed E-state index contributed by atoms with van der Waals surface area (Å²) in [6, 6.07) is 6.17. The lowest BCUT2D eigenvalue weighted by molar-refractivity contribution is 0.467. The van der Waals surface area contributed by atoms with Crippen molar-refractivity contribution in [2.75, 3.05) is 13.6 Å². The van der Waals surface area contributed by atoms with Crippen molar-refractivity contribution in [2.45, 2.75) is 26.2 Å². The fraction of sp³-hybridized carbons (Fsp3) is 0.273. The highest BCUT2D eigenvalue weighted by Gasteiger charge is 2.18. The second-order valence-electron chi connectivity index (χ2n) is 7.02. The van der Waals surface area contributed by atoms with E-state index in [1.54, 1.807) is 0 Å². The van der Waals surface area contributed by atoms with Crippen molar-refractivity contribution in [3.05, 3.63) is 69.0 Å². The molecule has 1 aliphatic carbocycles. The van der Waals surface area contributed by atoms with Gasteiger partial charge in [0, 0.05) is 41.4 Å². The Hall–Kier alpha value is -1.90. The van der Waals surface area contributed by atoms with Crippen LogP contribution in [0.25, 0.3) is 23.2 Å². The van der Waals surface area contributed by atoms with E-state index in [0.29, 0.717) is 0 Å². The summed E-state index contributed by atoms with van der Waals surface area (Å²) in [7, 11) is 2.11. The minimum absolute atomic E-state index is 0.780. The van der Waals surface area contributed by atoms with Gasteiger partial charge in [0.25, 0.3) is 0 Å². The number of hydrogen-bond acceptors (Lipinski definition) is 1. The molecule has 0 saturated heterocycles.